The molecule has 0 spiro atoms. The van der Waals surface area contributed by atoms with Crippen molar-refractivity contribution < 1.29 is 8.83 Å². The Kier molecular flexibility index (Phi) is 10.4. The molecule has 4 nitrogen and oxygen atoms in total. The highest BCUT2D eigenvalue weighted by molar-refractivity contribution is 6.94. The van der Waals surface area contributed by atoms with E-state index in [9.17, 15) is 0 Å². The van der Waals surface area contributed by atoms with Gasteiger partial charge in [0, 0.05) is 53.0 Å². The van der Waals surface area contributed by atoms with Gasteiger partial charge in [-0.1, -0.05) is 219 Å². The van der Waals surface area contributed by atoms with Crippen molar-refractivity contribution in [1.82, 2.24) is 0 Å². The maximum atomic E-state index is 6.92. The molecule has 0 fully saturated rings. The Balaban J connectivity index is 1.03. The van der Waals surface area contributed by atoms with E-state index in [1.165, 1.54) is 38.0 Å². The fourth-order valence-electron chi connectivity index (χ4n) is 11.8. The summed E-state index contributed by atoms with van der Waals surface area (Å²) in [7, 11) is -0.610. The molecule has 14 rings (SSSR count). The first-order valence-corrected chi connectivity index (χ1v) is 30.5. The molecule has 0 bridgehead atoms. The van der Waals surface area contributed by atoms with Crippen molar-refractivity contribution in [2.45, 2.75) is 25.3 Å². The standard InChI is InChI=1S/C68H50N2O2Si2/c1-73-43-74(2,3)48-37-31-45(32-38-48)50-20-8-12-26-58(50)70(62-28-16-24-54-52-22-10-14-30-64(52)72-68(54)62)60-42-36-47-33-39-55-59(41-35-46-34-40-56(60)66(47)65(46)55)69(57-25-11-7-19-49(57)44-17-5-4-6-18-44)61-27-15-23-53-51-21-9-13-29-63(51)71-67(53)61/h4-42H,43H2,1-3H3. The molecule has 2 heterocycles. The Labute approximate surface area is 433 Å². The van der Waals surface area contributed by atoms with Crippen LogP contribution >= 0.6 is 0 Å². The lowest BCUT2D eigenvalue weighted by molar-refractivity contribution is 0.669. The van der Waals surface area contributed by atoms with Gasteiger partial charge in [-0.15, -0.1) is 0 Å². The summed E-state index contributed by atoms with van der Waals surface area (Å²) in [5.74, 6) is 0. The summed E-state index contributed by atoms with van der Waals surface area (Å²) in [6.07, 6.45) is 0. The summed E-state index contributed by atoms with van der Waals surface area (Å²) in [5, 5.41) is 13.0. The molecule has 2 radical (unpaired) electrons. The summed E-state index contributed by atoms with van der Waals surface area (Å²) in [5.41, 5.74) is 15.6. The zero-order valence-electron chi connectivity index (χ0n) is 41.4. The van der Waals surface area contributed by atoms with Crippen LogP contribution in [0, 0.1) is 0 Å². The summed E-state index contributed by atoms with van der Waals surface area (Å²) < 4.78 is 13.8. The number of nitrogens with zero attached hydrogens (tertiary/aromatic N) is 2. The number of hydrogen-bond acceptors (Lipinski definition) is 4. The lowest BCUT2D eigenvalue weighted by Crippen LogP contribution is -2.42. The van der Waals surface area contributed by atoms with Crippen LogP contribution in [0.5, 0.6) is 0 Å². The highest BCUT2D eigenvalue weighted by Crippen LogP contribution is 2.52. The van der Waals surface area contributed by atoms with Gasteiger partial charge in [-0.25, -0.2) is 0 Å². The molecule has 352 valence electrons. The van der Waals surface area contributed by atoms with E-state index >= 15 is 0 Å². The second-order valence-corrected chi connectivity index (χ2v) is 26.6. The maximum Gasteiger partial charge on any atom is 0.159 e. The number of para-hydroxylation sites is 6. The normalized spacial score (nSPS) is 12.1. The monoisotopic (exact) mass is 982 g/mol. The molecule has 0 atom stereocenters. The molecule has 0 aliphatic carbocycles. The number of benzene rings is 12. The highest BCUT2D eigenvalue weighted by atomic mass is 28.4. The number of rotatable bonds is 11. The topological polar surface area (TPSA) is 32.8 Å². The molecule has 0 aliphatic heterocycles. The van der Waals surface area contributed by atoms with Crippen molar-refractivity contribution in [3.63, 3.8) is 0 Å². The van der Waals surface area contributed by atoms with Gasteiger partial charge in [0.2, 0.25) is 0 Å². The van der Waals surface area contributed by atoms with Crippen LogP contribution in [0.1, 0.15) is 0 Å². The van der Waals surface area contributed by atoms with Gasteiger partial charge >= 0.3 is 0 Å². The number of fused-ring (bicyclic) bond motifs is 6. The Morgan fingerprint density at radius 2 is 0.770 bits per heavy atom. The molecule has 0 saturated heterocycles. The van der Waals surface area contributed by atoms with Crippen LogP contribution in [0.25, 0.3) is 98.4 Å². The van der Waals surface area contributed by atoms with Crippen LogP contribution in [-0.2, 0) is 0 Å². The van der Waals surface area contributed by atoms with E-state index in [0.29, 0.717) is 0 Å². The predicted molar refractivity (Wildman–Crippen MR) is 318 cm³/mol. The van der Waals surface area contributed by atoms with Crippen LogP contribution < -0.4 is 15.0 Å². The van der Waals surface area contributed by atoms with E-state index in [-0.39, 0.29) is 0 Å². The second-order valence-electron chi connectivity index (χ2n) is 20.2. The lowest BCUT2D eigenvalue weighted by atomic mass is 9.91. The SMILES string of the molecule is C[Si]C[Si](C)(C)c1ccc(-c2ccccc2N(c2ccc3ccc4c(N(c5ccccc5-c5ccccc5)c5cccc6c5oc5ccccc56)ccc5ccc2c3c54)c2cccc3c2oc2ccccc23)cc1. The molecule has 74 heavy (non-hydrogen) atoms. The third kappa shape index (κ3) is 7.01. The average molecular weight is 983 g/mol. The Morgan fingerprint density at radius 1 is 0.351 bits per heavy atom. The molecule has 0 aliphatic rings. The second kappa shape index (κ2) is 17.5. The minimum Gasteiger partial charge on any atom is -0.454 e. The largest absolute Gasteiger partial charge is 0.454 e. The van der Waals surface area contributed by atoms with Crippen molar-refractivity contribution in [3.05, 3.63) is 237 Å². The molecular formula is C68H50N2O2Si2. The van der Waals surface area contributed by atoms with Crippen molar-refractivity contribution >= 4 is 133 Å². The van der Waals surface area contributed by atoms with E-state index < -0.39 is 8.07 Å². The Hall–Kier alpha value is -8.69. The quantitative estimate of drug-likeness (QED) is 0.0955. The molecule has 6 heteroatoms. The van der Waals surface area contributed by atoms with Gasteiger partial charge in [-0.2, -0.15) is 0 Å². The summed E-state index contributed by atoms with van der Waals surface area (Å²) in [4.78, 5) is 4.89. The number of hydrogen-bond donors (Lipinski definition) is 0. The first kappa shape index (κ1) is 44.0. The van der Waals surface area contributed by atoms with Crippen molar-refractivity contribution in [1.29, 1.82) is 0 Å². The van der Waals surface area contributed by atoms with Crippen molar-refractivity contribution in [2.75, 3.05) is 9.80 Å². The smallest absolute Gasteiger partial charge is 0.159 e. The van der Waals surface area contributed by atoms with Crippen LogP contribution in [0.15, 0.2) is 245 Å². The molecule has 2 aromatic heterocycles. The molecule has 0 saturated carbocycles. The predicted octanol–water partition coefficient (Wildman–Crippen LogP) is 19.3. The van der Waals surface area contributed by atoms with Crippen LogP contribution in [0.3, 0.4) is 0 Å². The highest BCUT2D eigenvalue weighted by Gasteiger charge is 2.28. The molecule has 0 amide bonds. The fourth-order valence-corrected chi connectivity index (χ4v) is 17.3. The Morgan fingerprint density at radius 3 is 1.28 bits per heavy atom. The van der Waals surface area contributed by atoms with E-state index in [2.05, 4.69) is 260 Å². The molecular weight excluding hydrogens is 933 g/mol. The van der Waals surface area contributed by atoms with Gasteiger partial charge in [-0.3, -0.25) is 0 Å². The lowest BCUT2D eigenvalue weighted by Gasteiger charge is -2.31. The molecule has 14 aromatic rings. The van der Waals surface area contributed by atoms with E-state index in [1.807, 2.05) is 6.07 Å². The van der Waals surface area contributed by atoms with Crippen molar-refractivity contribution in [2.24, 2.45) is 0 Å². The molecule has 0 unspecified atom stereocenters. The van der Waals surface area contributed by atoms with E-state index in [0.717, 1.165) is 115 Å². The van der Waals surface area contributed by atoms with Crippen LogP contribution in [0.4, 0.5) is 34.1 Å². The minimum absolute atomic E-state index is 0.848. The third-order valence-electron chi connectivity index (χ3n) is 15.3. The summed E-state index contributed by atoms with van der Waals surface area (Å²) >= 11 is 0. The first-order valence-electron chi connectivity index (χ1n) is 25.5. The van der Waals surface area contributed by atoms with E-state index in [1.54, 1.807) is 0 Å². The van der Waals surface area contributed by atoms with Crippen LogP contribution in [-0.4, -0.2) is 17.6 Å². The number of anilines is 6. The van der Waals surface area contributed by atoms with Gasteiger partial charge < -0.3 is 18.6 Å². The fraction of sp³-hybridized carbons (Fsp3) is 0.0588. The Bertz CT molecular complexity index is 4440. The van der Waals surface area contributed by atoms with Gasteiger partial charge in [0.25, 0.3) is 0 Å². The average Bonchev–Trinajstić information content (AvgIpc) is 4.03. The zero-order chi connectivity index (χ0) is 49.5. The molecule has 0 N–H and O–H groups in total. The van der Waals surface area contributed by atoms with Gasteiger partial charge in [0.05, 0.1) is 42.2 Å². The maximum absolute atomic E-state index is 6.92. The zero-order valence-corrected chi connectivity index (χ0v) is 43.4. The van der Waals surface area contributed by atoms with Crippen LogP contribution in [0.2, 0.25) is 25.3 Å². The summed E-state index contributed by atoms with van der Waals surface area (Å²) in [6, 6.07) is 86.3. The van der Waals surface area contributed by atoms with Gasteiger partial charge in [0.15, 0.2) is 11.2 Å². The van der Waals surface area contributed by atoms with Gasteiger partial charge in [-0.05, 0) is 81.2 Å². The minimum atomic E-state index is -1.56. The molecule has 12 aromatic carbocycles. The van der Waals surface area contributed by atoms with Gasteiger partial charge in [0.1, 0.15) is 11.2 Å². The van der Waals surface area contributed by atoms with E-state index in [4.69, 9.17) is 8.83 Å². The summed E-state index contributed by atoms with van der Waals surface area (Å²) in [6.45, 7) is 7.34. The first-order chi connectivity index (χ1) is 36.4. The van der Waals surface area contributed by atoms with Crippen molar-refractivity contribution in [3.8, 4) is 22.3 Å². The number of furan rings is 2. The third-order valence-corrected chi connectivity index (χ3v) is 22.2.